The lowest BCUT2D eigenvalue weighted by molar-refractivity contribution is -0.137. The van der Waals surface area contributed by atoms with E-state index < -0.39 is 11.7 Å². The Bertz CT molecular complexity index is 968. The monoisotopic (exact) mass is 494 g/mol. The van der Waals surface area contributed by atoms with Crippen molar-refractivity contribution in [3.63, 3.8) is 0 Å². The largest absolute Gasteiger partial charge is 0.421 e. The summed E-state index contributed by atoms with van der Waals surface area (Å²) in [6.45, 7) is 4.74. The van der Waals surface area contributed by atoms with Gasteiger partial charge in [0.05, 0.1) is 6.54 Å². The number of aromatic nitrogens is 2. The number of anilines is 2. The predicted octanol–water partition coefficient (Wildman–Crippen LogP) is 2.98. The van der Waals surface area contributed by atoms with Gasteiger partial charge in [0.1, 0.15) is 11.4 Å². The molecule has 0 unspecified atom stereocenters. The highest BCUT2D eigenvalue weighted by atomic mass is 19.4. The van der Waals surface area contributed by atoms with Gasteiger partial charge in [-0.2, -0.15) is 18.2 Å². The first-order chi connectivity index (χ1) is 16.8. The van der Waals surface area contributed by atoms with Crippen LogP contribution in [0.2, 0.25) is 0 Å². The third-order valence-electron chi connectivity index (χ3n) is 8.93. The van der Waals surface area contributed by atoms with Crippen LogP contribution < -0.4 is 10.6 Å². The molecular weight excluding hydrogens is 461 g/mol. The molecule has 4 saturated heterocycles. The van der Waals surface area contributed by atoms with Crippen LogP contribution in [0.25, 0.3) is 0 Å². The zero-order valence-corrected chi connectivity index (χ0v) is 19.9. The number of hydrogen-bond donors (Lipinski definition) is 2. The Morgan fingerprint density at radius 3 is 2.60 bits per heavy atom. The predicted molar refractivity (Wildman–Crippen MR) is 123 cm³/mol. The summed E-state index contributed by atoms with van der Waals surface area (Å²) in [6.07, 6.45) is 2.97. The Morgan fingerprint density at radius 2 is 1.89 bits per heavy atom. The molecule has 1 aromatic rings. The van der Waals surface area contributed by atoms with Crippen molar-refractivity contribution in [2.24, 2.45) is 11.3 Å². The zero-order chi connectivity index (χ0) is 24.3. The summed E-state index contributed by atoms with van der Waals surface area (Å²) in [4.78, 5) is 24.9. The highest BCUT2D eigenvalue weighted by Crippen LogP contribution is 2.84. The fraction of sp³-hybridized carbons (Fsp3) is 0.792. The standard InChI is InChI=1S/C24H33F3N6O2/c25-24(26,27)18-12-29-21(31-23-14-22(23,15-23)16-4-10-35-11-5-16)30-20(18)28-6-1-7-33-17-2-8-32(9-3-17)13-19(33)34/h12,16-17H,1-11,13-15H2,(H2,28,29,30,31). The fourth-order valence-corrected chi connectivity index (χ4v) is 6.72. The minimum Gasteiger partial charge on any atom is -0.381 e. The number of amides is 1. The maximum Gasteiger partial charge on any atom is 0.421 e. The van der Waals surface area contributed by atoms with E-state index in [4.69, 9.17) is 4.74 Å². The van der Waals surface area contributed by atoms with Gasteiger partial charge in [-0.3, -0.25) is 9.69 Å². The molecule has 2 saturated carbocycles. The number of nitrogens with one attached hydrogen (secondary N) is 2. The minimum absolute atomic E-state index is 0.0612. The summed E-state index contributed by atoms with van der Waals surface area (Å²) < 4.78 is 46.4. The first-order valence-corrected chi connectivity index (χ1v) is 12.9. The Labute approximate surface area is 203 Å². The molecule has 2 bridgehead atoms. The third kappa shape index (κ3) is 4.24. The molecule has 2 aliphatic carbocycles. The number of piperidine rings is 1. The lowest BCUT2D eigenvalue weighted by Crippen LogP contribution is -2.41. The second kappa shape index (κ2) is 8.47. The lowest BCUT2D eigenvalue weighted by atomic mass is 9.89. The molecule has 4 aliphatic heterocycles. The molecule has 11 heteroatoms. The van der Waals surface area contributed by atoms with Gasteiger partial charge >= 0.3 is 6.18 Å². The second-order valence-electron chi connectivity index (χ2n) is 10.9. The number of hydrogen-bond acceptors (Lipinski definition) is 7. The van der Waals surface area contributed by atoms with Crippen LogP contribution in [-0.4, -0.2) is 83.2 Å². The summed E-state index contributed by atoms with van der Waals surface area (Å²) >= 11 is 0. The van der Waals surface area contributed by atoms with Gasteiger partial charge in [0.25, 0.3) is 0 Å². The summed E-state index contributed by atoms with van der Waals surface area (Å²) in [5, 5.41) is 6.26. The Morgan fingerprint density at radius 1 is 1.14 bits per heavy atom. The van der Waals surface area contributed by atoms with Crippen LogP contribution in [0.4, 0.5) is 24.9 Å². The van der Waals surface area contributed by atoms with Gasteiger partial charge in [-0.05, 0) is 50.9 Å². The number of carbonyl (C=O) groups is 1. The quantitative estimate of drug-likeness (QED) is 0.538. The Balaban J connectivity index is 1.08. The average Bonchev–Trinajstić information content (AvgIpc) is 3.68. The highest BCUT2D eigenvalue weighted by molar-refractivity contribution is 5.79. The molecule has 0 radical (unpaired) electrons. The minimum atomic E-state index is -4.54. The van der Waals surface area contributed by atoms with Crippen molar-refractivity contribution in [2.45, 2.75) is 62.7 Å². The molecule has 6 aliphatic rings. The van der Waals surface area contributed by atoms with Crippen LogP contribution >= 0.6 is 0 Å². The van der Waals surface area contributed by atoms with Gasteiger partial charge in [0.15, 0.2) is 0 Å². The molecule has 1 aromatic heterocycles. The molecule has 192 valence electrons. The van der Waals surface area contributed by atoms with E-state index in [9.17, 15) is 18.0 Å². The van der Waals surface area contributed by atoms with E-state index in [1.54, 1.807) is 0 Å². The summed E-state index contributed by atoms with van der Waals surface area (Å²) in [5.41, 5.74) is -0.680. The molecule has 6 fully saturated rings. The summed E-state index contributed by atoms with van der Waals surface area (Å²) in [7, 11) is 0. The molecule has 7 rings (SSSR count). The number of alkyl halides is 3. The molecule has 35 heavy (non-hydrogen) atoms. The number of carbonyl (C=O) groups excluding carboxylic acids is 1. The van der Waals surface area contributed by atoms with Gasteiger partial charge < -0.3 is 20.3 Å². The Kier molecular flexibility index (Phi) is 5.63. The smallest absolute Gasteiger partial charge is 0.381 e. The van der Waals surface area contributed by atoms with Crippen molar-refractivity contribution in [1.82, 2.24) is 19.8 Å². The molecular formula is C24H33F3N6O2. The zero-order valence-electron chi connectivity index (χ0n) is 19.9. The van der Waals surface area contributed by atoms with Gasteiger partial charge in [-0.15, -0.1) is 0 Å². The lowest BCUT2D eigenvalue weighted by Gasteiger charge is -2.31. The summed E-state index contributed by atoms with van der Waals surface area (Å²) in [6, 6.07) is 0.245. The summed E-state index contributed by atoms with van der Waals surface area (Å²) in [5.74, 6) is 0.777. The molecule has 0 spiro atoms. The van der Waals surface area contributed by atoms with E-state index in [-0.39, 0.29) is 34.7 Å². The third-order valence-corrected chi connectivity index (χ3v) is 8.93. The van der Waals surface area contributed by atoms with Crippen molar-refractivity contribution >= 4 is 17.7 Å². The van der Waals surface area contributed by atoms with E-state index in [0.717, 1.165) is 71.0 Å². The van der Waals surface area contributed by atoms with Gasteiger partial charge in [-0.25, -0.2) is 4.98 Å². The van der Waals surface area contributed by atoms with Gasteiger partial charge in [0, 0.05) is 62.6 Å². The van der Waals surface area contributed by atoms with E-state index in [0.29, 0.717) is 32.0 Å². The number of fused-ring (bicyclic) bond motifs is 5. The second-order valence-corrected chi connectivity index (χ2v) is 10.9. The normalized spacial score (nSPS) is 34.4. The number of halogens is 3. The number of rotatable bonds is 8. The molecule has 0 atom stereocenters. The maximum absolute atomic E-state index is 13.6. The molecule has 5 heterocycles. The van der Waals surface area contributed by atoms with Crippen molar-refractivity contribution in [3.8, 4) is 0 Å². The number of ether oxygens (including phenoxy) is 1. The van der Waals surface area contributed by atoms with E-state index >= 15 is 0 Å². The van der Waals surface area contributed by atoms with E-state index in [1.807, 2.05) is 4.90 Å². The first kappa shape index (κ1) is 23.3. The van der Waals surface area contributed by atoms with Crippen molar-refractivity contribution in [1.29, 1.82) is 0 Å². The van der Waals surface area contributed by atoms with Crippen molar-refractivity contribution in [3.05, 3.63) is 11.8 Å². The van der Waals surface area contributed by atoms with E-state index in [2.05, 4.69) is 25.5 Å². The van der Waals surface area contributed by atoms with Gasteiger partial charge in [0.2, 0.25) is 11.9 Å². The highest BCUT2D eigenvalue weighted by Gasteiger charge is 2.85. The fourth-order valence-electron chi connectivity index (χ4n) is 6.72. The van der Waals surface area contributed by atoms with Crippen LogP contribution in [0.1, 0.15) is 50.5 Å². The van der Waals surface area contributed by atoms with Crippen LogP contribution in [-0.2, 0) is 15.7 Å². The molecule has 1 amide bonds. The van der Waals surface area contributed by atoms with Gasteiger partial charge in [-0.1, -0.05) is 0 Å². The Hall–Kier alpha value is -2.14. The van der Waals surface area contributed by atoms with Crippen molar-refractivity contribution < 1.29 is 22.7 Å². The van der Waals surface area contributed by atoms with Crippen molar-refractivity contribution in [2.75, 3.05) is 56.6 Å². The van der Waals surface area contributed by atoms with Crippen LogP contribution in [0.15, 0.2) is 6.20 Å². The first-order valence-electron chi connectivity index (χ1n) is 12.9. The number of nitrogens with zero attached hydrogens (tertiary/aromatic N) is 4. The van der Waals surface area contributed by atoms with Crippen LogP contribution in [0, 0.1) is 11.3 Å². The maximum atomic E-state index is 13.6. The van der Waals surface area contributed by atoms with Crippen LogP contribution in [0.3, 0.4) is 0 Å². The average molecular weight is 495 g/mol. The molecule has 0 aromatic carbocycles. The SMILES string of the molecule is O=C1CN2CCC(CC2)N1CCCNc1nc(NC23CC2(C2CCOCC2)C3)ncc1C(F)(F)F. The molecule has 2 N–H and O–H groups in total. The van der Waals surface area contributed by atoms with E-state index in [1.165, 1.54) is 0 Å². The topological polar surface area (TPSA) is 82.6 Å². The molecule has 8 nitrogen and oxygen atoms in total. The van der Waals surface area contributed by atoms with Crippen LogP contribution in [0.5, 0.6) is 0 Å².